The molecule has 2 rings (SSSR count). The van der Waals surface area contributed by atoms with Crippen LogP contribution in [0.5, 0.6) is 0 Å². The molecule has 1 aromatic rings. The van der Waals surface area contributed by atoms with Crippen molar-refractivity contribution in [2.45, 2.75) is 32.7 Å². The Kier molecular flexibility index (Phi) is 2.12. The Morgan fingerprint density at radius 1 is 1.31 bits per heavy atom. The molecule has 0 spiro atoms. The van der Waals surface area contributed by atoms with E-state index < -0.39 is 0 Å². The van der Waals surface area contributed by atoms with Gasteiger partial charge in [0.2, 0.25) is 0 Å². The zero-order valence-corrected chi connectivity index (χ0v) is 8.38. The van der Waals surface area contributed by atoms with E-state index in [1.54, 1.807) is 0 Å². The largest absolute Gasteiger partial charge is 0.324 e. The lowest BCUT2D eigenvalue weighted by atomic mass is 9.97. The Morgan fingerprint density at radius 2 is 2.00 bits per heavy atom. The minimum Gasteiger partial charge on any atom is -0.324 e. The second-order valence-electron chi connectivity index (χ2n) is 4.22. The third kappa shape index (κ3) is 1.75. The minimum absolute atomic E-state index is 0.278. The van der Waals surface area contributed by atoms with Crippen LogP contribution in [0.4, 0.5) is 0 Å². The van der Waals surface area contributed by atoms with Crippen molar-refractivity contribution in [1.82, 2.24) is 0 Å². The maximum atomic E-state index is 6.15. The van der Waals surface area contributed by atoms with Gasteiger partial charge in [-0.05, 0) is 43.7 Å². The number of nitrogens with two attached hydrogens (primary N) is 1. The van der Waals surface area contributed by atoms with Gasteiger partial charge in [0.1, 0.15) is 0 Å². The van der Waals surface area contributed by atoms with Crippen molar-refractivity contribution >= 4 is 0 Å². The maximum Gasteiger partial charge on any atom is 0.0326 e. The van der Waals surface area contributed by atoms with Gasteiger partial charge in [-0.3, -0.25) is 0 Å². The lowest BCUT2D eigenvalue weighted by Gasteiger charge is -2.14. The van der Waals surface area contributed by atoms with Crippen molar-refractivity contribution in [2.75, 3.05) is 0 Å². The van der Waals surface area contributed by atoms with E-state index in [-0.39, 0.29) is 6.04 Å². The average molecular weight is 175 g/mol. The van der Waals surface area contributed by atoms with Gasteiger partial charge in [0.25, 0.3) is 0 Å². The van der Waals surface area contributed by atoms with Crippen molar-refractivity contribution in [3.63, 3.8) is 0 Å². The van der Waals surface area contributed by atoms with E-state index in [0.717, 1.165) is 5.92 Å². The summed E-state index contributed by atoms with van der Waals surface area (Å²) in [5.74, 6) is 0.751. The van der Waals surface area contributed by atoms with E-state index in [1.807, 2.05) is 0 Å². The summed E-state index contributed by atoms with van der Waals surface area (Å²) in [5.41, 5.74) is 10.2. The highest BCUT2D eigenvalue weighted by molar-refractivity contribution is 5.33. The van der Waals surface area contributed by atoms with E-state index in [2.05, 4.69) is 32.0 Å². The first-order chi connectivity index (χ1) is 6.18. The molecular weight excluding hydrogens is 158 g/mol. The van der Waals surface area contributed by atoms with E-state index in [9.17, 15) is 0 Å². The monoisotopic (exact) mass is 175 g/mol. The first kappa shape index (κ1) is 8.76. The molecule has 1 aliphatic rings. The van der Waals surface area contributed by atoms with Crippen molar-refractivity contribution in [2.24, 2.45) is 11.7 Å². The summed E-state index contributed by atoms with van der Waals surface area (Å²) in [4.78, 5) is 0. The topological polar surface area (TPSA) is 26.0 Å². The highest BCUT2D eigenvalue weighted by Gasteiger charge is 2.29. The first-order valence-electron chi connectivity index (χ1n) is 5.01. The molecule has 0 radical (unpaired) electrons. The van der Waals surface area contributed by atoms with Gasteiger partial charge in [0.05, 0.1) is 0 Å². The Labute approximate surface area is 80.0 Å². The summed E-state index contributed by atoms with van der Waals surface area (Å²) in [6, 6.07) is 6.84. The smallest absolute Gasteiger partial charge is 0.0326 e. The van der Waals surface area contributed by atoms with Crippen LogP contribution in [-0.2, 0) is 0 Å². The Balaban J connectivity index is 2.28. The fraction of sp³-hybridized carbons (Fsp3) is 0.500. The summed E-state index contributed by atoms with van der Waals surface area (Å²) in [6.07, 6.45) is 2.63. The summed E-state index contributed by atoms with van der Waals surface area (Å²) < 4.78 is 0. The average Bonchev–Trinajstić information content (AvgIpc) is 2.85. The molecule has 0 saturated heterocycles. The maximum absolute atomic E-state index is 6.15. The van der Waals surface area contributed by atoms with E-state index in [4.69, 9.17) is 5.73 Å². The second-order valence-corrected chi connectivity index (χ2v) is 4.22. The van der Waals surface area contributed by atoms with Gasteiger partial charge in [-0.15, -0.1) is 0 Å². The molecule has 1 fully saturated rings. The molecule has 0 unspecified atom stereocenters. The SMILES string of the molecule is Cc1ccc([C@H](N)C2CC2)c(C)c1. The third-order valence-corrected chi connectivity index (χ3v) is 2.91. The van der Waals surface area contributed by atoms with Crippen LogP contribution in [0.2, 0.25) is 0 Å². The molecule has 70 valence electrons. The van der Waals surface area contributed by atoms with Crippen molar-refractivity contribution in [1.29, 1.82) is 0 Å². The molecule has 1 aliphatic carbocycles. The van der Waals surface area contributed by atoms with Gasteiger partial charge < -0.3 is 5.73 Å². The van der Waals surface area contributed by atoms with Crippen LogP contribution in [0.15, 0.2) is 18.2 Å². The Morgan fingerprint density at radius 3 is 2.54 bits per heavy atom. The van der Waals surface area contributed by atoms with Crippen LogP contribution in [0, 0.1) is 19.8 Å². The van der Waals surface area contributed by atoms with Crippen LogP contribution >= 0.6 is 0 Å². The predicted octanol–water partition coefficient (Wildman–Crippen LogP) is 2.71. The van der Waals surface area contributed by atoms with Crippen molar-refractivity contribution < 1.29 is 0 Å². The molecule has 1 heteroatoms. The fourth-order valence-corrected chi connectivity index (χ4v) is 1.91. The molecule has 2 N–H and O–H groups in total. The predicted molar refractivity (Wildman–Crippen MR) is 55.6 cm³/mol. The number of hydrogen-bond donors (Lipinski definition) is 1. The van der Waals surface area contributed by atoms with Crippen molar-refractivity contribution in [3.05, 3.63) is 34.9 Å². The fourth-order valence-electron chi connectivity index (χ4n) is 1.91. The molecule has 1 atom stereocenters. The van der Waals surface area contributed by atoms with Crippen LogP contribution < -0.4 is 5.73 Å². The van der Waals surface area contributed by atoms with E-state index in [0.29, 0.717) is 0 Å². The van der Waals surface area contributed by atoms with Gasteiger partial charge in [-0.2, -0.15) is 0 Å². The van der Waals surface area contributed by atoms with Gasteiger partial charge in [0, 0.05) is 6.04 Å². The quantitative estimate of drug-likeness (QED) is 0.734. The second kappa shape index (κ2) is 3.15. The highest BCUT2D eigenvalue weighted by atomic mass is 14.7. The third-order valence-electron chi connectivity index (χ3n) is 2.91. The molecule has 0 amide bonds. The zero-order valence-electron chi connectivity index (χ0n) is 8.38. The zero-order chi connectivity index (χ0) is 9.42. The van der Waals surface area contributed by atoms with E-state index in [1.165, 1.54) is 29.5 Å². The lowest BCUT2D eigenvalue weighted by Crippen LogP contribution is -2.13. The summed E-state index contributed by atoms with van der Waals surface area (Å²) >= 11 is 0. The summed E-state index contributed by atoms with van der Waals surface area (Å²) in [5, 5.41) is 0. The standard InChI is InChI=1S/C12H17N/c1-8-3-6-11(9(2)7-8)12(13)10-4-5-10/h3,6-7,10,12H,4-5,13H2,1-2H3/t12-/m1/s1. The van der Waals surface area contributed by atoms with Gasteiger partial charge in [-0.1, -0.05) is 23.8 Å². The van der Waals surface area contributed by atoms with Gasteiger partial charge in [-0.25, -0.2) is 0 Å². The molecule has 13 heavy (non-hydrogen) atoms. The molecule has 1 nitrogen and oxygen atoms in total. The lowest BCUT2D eigenvalue weighted by molar-refractivity contribution is 0.629. The Hall–Kier alpha value is -0.820. The van der Waals surface area contributed by atoms with E-state index >= 15 is 0 Å². The summed E-state index contributed by atoms with van der Waals surface area (Å²) in [7, 11) is 0. The molecule has 0 aromatic heterocycles. The number of hydrogen-bond acceptors (Lipinski definition) is 1. The van der Waals surface area contributed by atoms with Gasteiger partial charge >= 0.3 is 0 Å². The highest BCUT2D eigenvalue weighted by Crippen LogP contribution is 2.40. The van der Waals surface area contributed by atoms with Crippen LogP contribution in [-0.4, -0.2) is 0 Å². The molecular formula is C12H17N. The number of rotatable bonds is 2. The molecule has 0 bridgehead atoms. The van der Waals surface area contributed by atoms with Crippen molar-refractivity contribution in [3.8, 4) is 0 Å². The van der Waals surface area contributed by atoms with Crippen LogP contribution in [0.1, 0.15) is 35.6 Å². The molecule has 0 aliphatic heterocycles. The van der Waals surface area contributed by atoms with Crippen LogP contribution in [0.25, 0.3) is 0 Å². The van der Waals surface area contributed by atoms with Crippen LogP contribution in [0.3, 0.4) is 0 Å². The Bertz CT molecular complexity index is 313. The summed E-state index contributed by atoms with van der Waals surface area (Å²) in [6.45, 7) is 4.28. The normalized spacial score (nSPS) is 18.7. The minimum atomic E-state index is 0.278. The molecule has 1 saturated carbocycles. The molecule has 1 aromatic carbocycles. The molecule has 0 heterocycles. The van der Waals surface area contributed by atoms with Gasteiger partial charge in [0.15, 0.2) is 0 Å². The first-order valence-corrected chi connectivity index (χ1v) is 5.01. The number of aryl methyl sites for hydroxylation is 2. The number of benzene rings is 1.